The fourth-order valence-corrected chi connectivity index (χ4v) is 4.93. The highest BCUT2D eigenvalue weighted by Gasteiger charge is 2.30. The van der Waals surface area contributed by atoms with Crippen LogP contribution < -0.4 is 10.1 Å². The van der Waals surface area contributed by atoms with Gasteiger partial charge < -0.3 is 33.7 Å². The average molecular weight is 564 g/mol. The summed E-state index contributed by atoms with van der Waals surface area (Å²) in [7, 11) is 0.375. The van der Waals surface area contributed by atoms with Gasteiger partial charge in [0.2, 0.25) is 5.88 Å². The lowest BCUT2D eigenvalue weighted by molar-refractivity contribution is 0.0284. The standard InChI is InChI=1S/C27H45N5O6Si/c1-19(16-35-5)29-25(33)21-15-32(18-36-11-12-39(6,7)8)24-23(21)30-22(13-28-24)37-17-20-9-10-31(14-20)26(34)38-27(2,3)4/h13,15,19-20H,9-12,14,16-18H2,1-8H3,(H,29,33)/t19-,20?/m0/s1. The molecule has 3 heterocycles. The Bertz CT molecular complexity index is 1130. The van der Waals surface area contributed by atoms with Crippen molar-refractivity contribution in [3.63, 3.8) is 0 Å². The summed E-state index contributed by atoms with van der Waals surface area (Å²) in [6, 6.07) is 0.876. The minimum Gasteiger partial charge on any atom is -0.476 e. The lowest BCUT2D eigenvalue weighted by atomic mass is 10.1. The van der Waals surface area contributed by atoms with Crippen molar-refractivity contribution in [2.24, 2.45) is 5.92 Å². The van der Waals surface area contributed by atoms with E-state index in [9.17, 15) is 9.59 Å². The summed E-state index contributed by atoms with van der Waals surface area (Å²) in [4.78, 5) is 36.4. The summed E-state index contributed by atoms with van der Waals surface area (Å²) >= 11 is 0. The molecule has 0 bridgehead atoms. The van der Waals surface area contributed by atoms with Gasteiger partial charge in [-0.15, -0.1) is 0 Å². The number of hydrogen-bond donors (Lipinski definition) is 1. The molecule has 2 atom stereocenters. The first-order chi connectivity index (χ1) is 18.3. The molecule has 1 saturated heterocycles. The van der Waals surface area contributed by atoms with Crippen molar-refractivity contribution in [2.45, 2.75) is 78.2 Å². The SMILES string of the molecule is COC[C@H](C)NC(=O)c1cn(COCC[Si](C)(C)C)c2ncc(OCC3CCN(C(=O)OC(C)(C)C)C3)nc12. The lowest BCUT2D eigenvalue weighted by Crippen LogP contribution is -2.35. The van der Waals surface area contributed by atoms with Crippen molar-refractivity contribution in [1.82, 2.24) is 24.8 Å². The van der Waals surface area contributed by atoms with Crippen LogP contribution >= 0.6 is 0 Å². The highest BCUT2D eigenvalue weighted by atomic mass is 28.3. The minimum absolute atomic E-state index is 0.150. The van der Waals surface area contributed by atoms with E-state index in [0.29, 0.717) is 55.5 Å². The van der Waals surface area contributed by atoms with Crippen LogP contribution in [0.3, 0.4) is 0 Å². The minimum atomic E-state index is -1.22. The third kappa shape index (κ3) is 9.47. The van der Waals surface area contributed by atoms with E-state index in [-0.39, 0.29) is 30.7 Å². The topological polar surface area (TPSA) is 117 Å². The van der Waals surface area contributed by atoms with Crippen molar-refractivity contribution < 1.29 is 28.5 Å². The molecule has 1 aliphatic rings. The number of hydrogen-bond acceptors (Lipinski definition) is 8. The van der Waals surface area contributed by atoms with Crippen LogP contribution in [0.4, 0.5) is 4.79 Å². The van der Waals surface area contributed by atoms with Crippen LogP contribution in [0, 0.1) is 5.92 Å². The number of aromatic nitrogens is 3. The maximum atomic E-state index is 13.1. The lowest BCUT2D eigenvalue weighted by Gasteiger charge is -2.24. The molecule has 1 aliphatic heterocycles. The quantitative estimate of drug-likeness (QED) is 0.302. The number of methoxy groups -OCH3 is 1. The van der Waals surface area contributed by atoms with E-state index in [4.69, 9.17) is 18.9 Å². The number of fused-ring (bicyclic) bond motifs is 1. The fourth-order valence-electron chi connectivity index (χ4n) is 4.17. The second kappa shape index (κ2) is 13.1. The summed E-state index contributed by atoms with van der Waals surface area (Å²) in [5.41, 5.74) is 0.872. The Hall–Kier alpha value is -2.70. The van der Waals surface area contributed by atoms with E-state index >= 15 is 0 Å². The number of carbonyl (C=O) groups excluding carboxylic acids is 2. The van der Waals surface area contributed by atoms with Gasteiger partial charge in [-0.3, -0.25) is 4.79 Å². The van der Waals surface area contributed by atoms with Gasteiger partial charge >= 0.3 is 6.09 Å². The van der Waals surface area contributed by atoms with Gasteiger partial charge in [0.1, 0.15) is 17.8 Å². The smallest absolute Gasteiger partial charge is 0.410 e. The molecule has 3 rings (SSSR count). The van der Waals surface area contributed by atoms with Gasteiger partial charge in [-0.1, -0.05) is 19.6 Å². The van der Waals surface area contributed by atoms with Crippen molar-refractivity contribution in [3.8, 4) is 5.88 Å². The van der Waals surface area contributed by atoms with E-state index in [2.05, 4.69) is 34.9 Å². The molecule has 1 unspecified atom stereocenters. The Balaban J connectivity index is 1.71. The molecule has 1 fully saturated rings. The second-order valence-electron chi connectivity index (χ2n) is 12.5. The number of nitrogens with zero attached hydrogens (tertiary/aromatic N) is 4. The number of ether oxygens (including phenoxy) is 4. The van der Waals surface area contributed by atoms with Crippen LogP contribution in [0.1, 0.15) is 44.5 Å². The van der Waals surface area contributed by atoms with E-state index in [0.717, 1.165) is 12.5 Å². The Morgan fingerprint density at radius 3 is 2.67 bits per heavy atom. The molecule has 2 aromatic rings. The molecule has 12 heteroatoms. The molecule has 2 aromatic heterocycles. The van der Waals surface area contributed by atoms with Gasteiger partial charge in [0.05, 0.1) is 25.0 Å². The number of nitrogens with one attached hydrogen (secondary N) is 1. The molecule has 11 nitrogen and oxygen atoms in total. The van der Waals surface area contributed by atoms with E-state index in [1.807, 2.05) is 32.3 Å². The first kappa shape index (κ1) is 30.8. The molecule has 2 amide bonds. The maximum Gasteiger partial charge on any atom is 0.410 e. The summed E-state index contributed by atoms with van der Waals surface area (Å²) in [6.07, 6.45) is 3.80. The fraction of sp³-hybridized carbons (Fsp3) is 0.704. The normalized spacial score (nSPS) is 16.9. The third-order valence-electron chi connectivity index (χ3n) is 6.21. The van der Waals surface area contributed by atoms with Crippen LogP contribution in [0.25, 0.3) is 11.2 Å². The van der Waals surface area contributed by atoms with Crippen molar-refractivity contribution in [1.29, 1.82) is 0 Å². The van der Waals surface area contributed by atoms with Crippen molar-refractivity contribution in [2.75, 3.05) is 40.0 Å². The summed E-state index contributed by atoms with van der Waals surface area (Å²) in [6.45, 7) is 17.2. The van der Waals surface area contributed by atoms with Gasteiger partial charge in [-0.2, -0.15) is 0 Å². The molecule has 0 saturated carbocycles. The highest BCUT2D eigenvalue weighted by molar-refractivity contribution is 6.76. The van der Waals surface area contributed by atoms with Crippen LogP contribution in [-0.4, -0.2) is 91.2 Å². The Kier molecular flexibility index (Phi) is 10.4. The Morgan fingerprint density at radius 1 is 1.26 bits per heavy atom. The van der Waals surface area contributed by atoms with E-state index in [1.165, 1.54) is 0 Å². The first-order valence-electron chi connectivity index (χ1n) is 13.6. The monoisotopic (exact) mass is 563 g/mol. The number of rotatable bonds is 12. The molecule has 0 aliphatic carbocycles. The molecule has 39 heavy (non-hydrogen) atoms. The van der Waals surface area contributed by atoms with Gasteiger partial charge in [0.25, 0.3) is 5.91 Å². The zero-order valence-electron chi connectivity index (χ0n) is 24.7. The largest absolute Gasteiger partial charge is 0.476 e. The molecule has 218 valence electrons. The maximum absolute atomic E-state index is 13.1. The molecule has 0 spiro atoms. The van der Waals surface area contributed by atoms with Gasteiger partial charge in [0, 0.05) is 53.0 Å². The second-order valence-corrected chi connectivity index (χ2v) is 18.1. The van der Waals surface area contributed by atoms with E-state index < -0.39 is 13.7 Å². The summed E-state index contributed by atoms with van der Waals surface area (Å²) < 4.78 is 24.4. The molecular weight excluding hydrogens is 518 g/mol. The highest BCUT2D eigenvalue weighted by Crippen LogP contribution is 2.24. The molecule has 0 radical (unpaired) electrons. The van der Waals surface area contributed by atoms with Gasteiger partial charge in [-0.05, 0) is 40.2 Å². The number of carbonyl (C=O) groups is 2. The molecular formula is C27H45N5O6Si. The van der Waals surface area contributed by atoms with Gasteiger partial charge in [-0.25, -0.2) is 14.8 Å². The first-order valence-corrected chi connectivity index (χ1v) is 17.3. The zero-order chi connectivity index (χ0) is 28.8. The number of likely N-dealkylation sites (tertiary alicyclic amines) is 1. The van der Waals surface area contributed by atoms with Crippen LogP contribution in [-0.2, 0) is 20.9 Å². The summed E-state index contributed by atoms with van der Waals surface area (Å²) in [5, 5.41) is 2.95. The average Bonchev–Trinajstić information content (AvgIpc) is 3.44. The Morgan fingerprint density at radius 2 is 2.00 bits per heavy atom. The van der Waals surface area contributed by atoms with Gasteiger partial charge in [0.15, 0.2) is 5.65 Å². The summed E-state index contributed by atoms with van der Waals surface area (Å²) in [5.74, 6) is 0.215. The van der Waals surface area contributed by atoms with Crippen molar-refractivity contribution in [3.05, 3.63) is 18.0 Å². The zero-order valence-corrected chi connectivity index (χ0v) is 25.7. The van der Waals surface area contributed by atoms with Crippen molar-refractivity contribution >= 4 is 31.2 Å². The predicted octanol–water partition coefficient (Wildman–Crippen LogP) is 4.14. The number of amides is 2. The molecule has 0 aromatic carbocycles. The third-order valence-corrected chi connectivity index (χ3v) is 7.92. The predicted molar refractivity (Wildman–Crippen MR) is 152 cm³/mol. The van der Waals surface area contributed by atoms with Crippen LogP contribution in [0.2, 0.25) is 25.7 Å². The van der Waals surface area contributed by atoms with E-state index in [1.54, 1.807) is 24.4 Å². The molecule has 1 N–H and O–H groups in total. The Labute approximate surface area is 232 Å². The van der Waals surface area contributed by atoms with Crippen LogP contribution in [0.5, 0.6) is 5.88 Å². The van der Waals surface area contributed by atoms with Crippen LogP contribution in [0.15, 0.2) is 12.4 Å².